The number of nitrogens with one attached hydrogen (secondary N) is 2. The van der Waals surface area contributed by atoms with Gasteiger partial charge < -0.3 is 21.5 Å². The number of aliphatic hydroxyl groups is 1. The summed E-state index contributed by atoms with van der Waals surface area (Å²) in [5, 5.41) is 14.3. The van der Waals surface area contributed by atoms with Crippen LogP contribution in [0.25, 0.3) is 0 Å². The van der Waals surface area contributed by atoms with Gasteiger partial charge >= 0.3 is 6.03 Å². The van der Waals surface area contributed by atoms with Crippen molar-refractivity contribution in [1.82, 2.24) is 10.6 Å². The summed E-state index contributed by atoms with van der Waals surface area (Å²) in [5.74, 6) is 0. The van der Waals surface area contributed by atoms with E-state index in [0.717, 1.165) is 0 Å². The first-order valence-electron chi connectivity index (χ1n) is 3.98. The quantitative estimate of drug-likeness (QED) is 0.442. The van der Waals surface area contributed by atoms with Crippen LogP contribution in [0.1, 0.15) is 13.3 Å². The predicted molar refractivity (Wildman–Crippen MR) is 46.7 cm³/mol. The lowest BCUT2D eigenvalue weighted by Gasteiger charge is -2.19. The molecule has 2 amide bonds. The molecule has 5 nitrogen and oxygen atoms in total. The van der Waals surface area contributed by atoms with Gasteiger partial charge in [-0.1, -0.05) is 0 Å². The summed E-state index contributed by atoms with van der Waals surface area (Å²) >= 11 is 0. The Bertz CT molecular complexity index is 141. The molecule has 0 heterocycles. The lowest BCUT2D eigenvalue weighted by Crippen LogP contribution is -2.45. The van der Waals surface area contributed by atoms with Crippen molar-refractivity contribution in [2.45, 2.75) is 25.5 Å². The van der Waals surface area contributed by atoms with E-state index in [2.05, 4.69) is 10.6 Å². The van der Waals surface area contributed by atoms with Crippen LogP contribution in [0.2, 0.25) is 0 Å². The molecule has 0 fully saturated rings. The second-order valence-corrected chi connectivity index (χ2v) is 2.66. The number of rotatable bonds is 4. The molecule has 0 spiro atoms. The van der Waals surface area contributed by atoms with E-state index in [1.54, 1.807) is 6.92 Å². The van der Waals surface area contributed by atoms with Gasteiger partial charge in [0.1, 0.15) is 0 Å². The molecule has 0 aromatic heterocycles. The van der Waals surface area contributed by atoms with E-state index < -0.39 is 6.10 Å². The zero-order valence-corrected chi connectivity index (χ0v) is 7.50. The van der Waals surface area contributed by atoms with Gasteiger partial charge in [-0.3, -0.25) is 0 Å². The second-order valence-electron chi connectivity index (χ2n) is 2.66. The molecule has 12 heavy (non-hydrogen) atoms. The van der Waals surface area contributed by atoms with Gasteiger partial charge in [0.25, 0.3) is 0 Å². The molecule has 0 saturated heterocycles. The Morgan fingerprint density at radius 1 is 1.67 bits per heavy atom. The number of nitrogens with two attached hydrogens (primary N) is 1. The van der Waals surface area contributed by atoms with E-state index in [0.29, 0.717) is 13.0 Å². The van der Waals surface area contributed by atoms with E-state index in [1.807, 2.05) is 0 Å². The van der Waals surface area contributed by atoms with E-state index in [-0.39, 0.29) is 12.1 Å². The summed E-state index contributed by atoms with van der Waals surface area (Å²) in [6.07, 6.45) is -0.0853. The maximum atomic E-state index is 10.8. The molecular formula is C7H17N3O2. The van der Waals surface area contributed by atoms with Crippen LogP contribution < -0.4 is 16.4 Å². The van der Waals surface area contributed by atoms with Gasteiger partial charge in [0.2, 0.25) is 0 Å². The number of aliphatic hydroxyl groups excluding tert-OH is 1. The van der Waals surface area contributed by atoms with Crippen LogP contribution in [0.15, 0.2) is 0 Å². The minimum absolute atomic E-state index is 0.270. The van der Waals surface area contributed by atoms with Crippen molar-refractivity contribution in [3.8, 4) is 0 Å². The van der Waals surface area contributed by atoms with Gasteiger partial charge in [-0.25, -0.2) is 4.79 Å². The molecule has 0 aliphatic carbocycles. The first-order chi connectivity index (χ1) is 5.61. The Morgan fingerprint density at radius 3 is 2.67 bits per heavy atom. The molecule has 0 unspecified atom stereocenters. The van der Waals surface area contributed by atoms with Crippen LogP contribution >= 0.6 is 0 Å². The smallest absolute Gasteiger partial charge is 0.314 e. The molecular weight excluding hydrogens is 158 g/mol. The summed E-state index contributed by atoms with van der Waals surface area (Å²) < 4.78 is 0. The largest absolute Gasteiger partial charge is 0.391 e. The molecule has 0 aliphatic rings. The Balaban J connectivity index is 3.69. The van der Waals surface area contributed by atoms with E-state index >= 15 is 0 Å². The average molecular weight is 175 g/mol. The molecule has 0 aromatic rings. The zero-order chi connectivity index (χ0) is 9.56. The lowest BCUT2D eigenvalue weighted by atomic mass is 10.1. The molecule has 72 valence electrons. The minimum Gasteiger partial charge on any atom is -0.391 e. The van der Waals surface area contributed by atoms with Crippen molar-refractivity contribution in [2.75, 3.05) is 13.6 Å². The van der Waals surface area contributed by atoms with Gasteiger partial charge in [0.05, 0.1) is 12.1 Å². The molecule has 5 heteroatoms. The summed E-state index contributed by atoms with van der Waals surface area (Å²) in [5.41, 5.74) is 5.24. The normalized spacial score (nSPS) is 15.0. The van der Waals surface area contributed by atoms with Crippen molar-refractivity contribution in [3.63, 3.8) is 0 Å². The van der Waals surface area contributed by atoms with Crippen LogP contribution in [0.4, 0.5) is 4.79 Å². The highest BCUT2D eigenvalue weighted by atomic mass is 16.3. The van der Waals surface area contributed by atoms with Crippen LogP contribution in [0.3, 0.4) is 0 Å². The maximum Gasteiger partial charge on any atom is 0.314 e. The van der Waals surface area contributed by atoms with Crippen molar-refractivity contribution in [1.29, 1.82) is 0 Å². The third-order valence-corrected chi connectivity index (χ3v) is 1.63. The first kappa shape index (κ1) is 11.2. The number of hydrogen-bond donors (Lipinski definition) is 4. The van der Waals surface area contributed by atoms with Gasteiger partial charge in [-0.05, 0) is 19.9 Å². The topological polar surface area (TPSA) is 87.4 Å². The Labute approximate surface area is 72.3 Å². The highest BCUT2D eigenvalue weighted by molar-refractivity contribution is 5.73. The second kappa shape index (κ2) is 5.79. The van der Waals surface area contributed by atoms with Gasteiger partial charge in [0, 0.05) is 7.05 Å². The Kier molecular flexibility index (Phi) is 5.40. The molecule has 0 aromatic carbocycles. The molecule has 0 saturated carbocycles. The summed E-state index contributed by atoms with van der Waals surface area (Å²) in [6.45, 7) is 2.15. The SMILES string of the molecule is CNC(=O)N[C@@H](C)[C@H](O)CCN. The highest BCUT2D eigenvalue weighted by Gasteiger charge is 2.14. The summed E-state index contributed by atoms with van der Waals surface area (Å²) in [6, 6.07) is -0.563. The maximum absolute atomic E-state index is 10.8. The third-order valence-electron chi connectivity index (χ3n) is 1.63. The van der Waals surface area contributed by atoms with Gasteiger partial charge in [-0.15, -0.1) is 0 Å². The monoisotopic (exact) mass is 175 g/mol. The van der Waals surface area contributed by atoms with Crippen molar-refractivity contribution in [2.24, 2.45) is 5.73 Å². The number of carbonyl (C=O) groups excluding carboxylic acids is 1. The zero-order valence-electron chi connectivity index (χ0n) is 7.50. The van der Waals surface area contributed by atoms with Gasteiger partial charge in [-0.2, -0.15) is 0 Å². The molecule has 0 aliphatic heterocycles. The Hall–Kier alpha value is -0.810. The van der Waals surface area contributed by atoms with Gasteiger partial charge in [0.15, 0.2) is 0 Å². The van der Waals surface area contributed by atoms with Crippen LogP contribution in [0.5, 0.6) is 0 Å². The number of carbonyl (C=O) groups is 1. The van der Waals surface area contributed by atoms with Crippen LogP contribution in [-0.4, -0.2) is 36.9 Å². The molecule has 0 rings (SSSR count). The molecule has 0 bridgehead atoms. The molecule has 0 radical (unpaired) electrons. The van der Waals surface area contributed by atoms with E-state index in [4.69, 9.17) is 5.73 Å². The minimum atomic E-state index is -0.577. The lowest BCUT2D eigenvalue weighted by molar-refractivity contribution is 0.129. The van der Waals surface area contributed by atoms with Crippen molar-refractivity contribution in [3.05, 3.63) is 0 Å². The molecule has 2 atom stereocenters. The van der Waals surface area contributed by atoms with E-state index in [9.17, 15) is 9.90 Å². The standard InChI is InChI=1S/C7H17N3O2/c1-5(6(11)3-4-8)10-7(12)9-2/h5-6,11H,3-4,8H2,1-2H3,(H2,9,10,12)/t5-,6+/m0/s1. The fourth-order valence-corrected chi connectivity index (χ4v) is 0.796. The number of urea groups is 1. The fraction of sp³-hybridized carbons (Fsp3) is 0.857. The number of hydrogen-bond acceptors (Lipinski definition) is 3. The highest BCUT2D eigenvalue weighted by Crippen LogP contribution is 1.96. The van der Waals surface area contributed by atoms with E-state index in [1.165, 1.54) is 7.05 Å². The molecule has 5 N–H and O–H groups in total. The van der Waals surface area contributed by atoms with Crippen LogP contribution in [-0.2, 0) is 0 Å². The first-order valence-corrected chi connectivity index (χ1v) is 3.98. The van der Waals surface area contributed by atoms with Crippen molar-refractivity contribution < 1.29 is 9.90 Å². The third kappa shape index (κ3) is 4.15. The average Bonchev–Trinajstić information content (AvgIpc) is 2.04. The Morgan fingerprint density at radius 2 is 2.25 bits per heavy atom. The summed E-state index contributed by atoms with van der Waals surface area (Å²) in [4.78, 5) is 10.8. The van der Waals surface area contributed by atoms with Crippen LogP contribution in [0, 0.1) is 0 Å². The van der Waals surface area contributed by atoms with Crippen molar-refractivity contribution >= 4 is 6.03 Å². The predicted octanol–water partition coefficient (Wildman–Crippen LogP) is -0.986. The fourth-order valence-electron chi connectivity index (χ4n) is 0.796. The summed E-state index contributed by atoms with van der Waals surface area (Å²) in [7, 11) is 1.53. The number of amides is 2.